The van der Waals surface area contributed by atoms with Crippen LogP contribution in [0.25, 0.3) is 0 Å². The van der Waals surface area contributed by atoms with Gasteiger partial charge in [0.05, 0.1) is 15.8 Å². The number of hydrogen-bond acceptors (Lipinski definition) is 4. The molecule has 1 aliphatic heterocycles. The monoisotopic (exact) mass is 412 g/mol. The maximum absolute atomic E-state index is 13.4. The fourth-order valence-electron chi connectivity index (χ4n) is 4.21. The van der Waals surface area contributed by atoms with E-state index in [1.807, 2.05) is 6.07 Å². The van der Waals surface area contributed by atoms with Crippen LogP contribution in [0.4, 0.5) is 5.69 Å². The molecule has 2 aromatic carbocycles. The van der Waals surface area contributed by atoms with E-state index in [0.29, 0.717) is 5.56 Å². The van der Waals surface area contributed by atoms with Crippen molar-refractivity contribution in [3.63, 3.8) is 0 Å². The Morgan fingerprint density at radius 3 is 2.38 bits per heavy atom. The number of nitrogens with zero attached hydrogens (tertiary/aromatic N) is 1. The highest BCUT2D eigenvalue weighted by Gasteiger charge is 2.39. The summed E-state index contributed by atoms with van der Waals surface area (Å²) in [5.74, 6) is -0.621. The van der Waals surface area contributed by atoms with E-state index in [0.717, 1.165) is 25.7 Å². The predicted octanol–water partition coefficient (Wildman–Crippen LogP) is 3.00. The summed E-state index contributed by atoms with van der Waals surface area (Å²) in [6, 6.07) is 15.4. The molecule has 2 aliphatic rings. The first kappa shape index (κ1) is 19.6. The summed E-state index contributed by atoms with van der Waals surface area (Å²) >= 11 is 0. The summed E-state index contributed by atoms with van der Waals surface area (Å²) < 4.78 is 26.8. The van der Waals surface area contributed by atoms with Crippen LogP contribution in [0.1, 0.15) is 42.9 Å². The summed E-state index contributed by atoms with van der Waals surface area (Å²) in [5, 5.41) is 2.01. The van der Waals surface area contributed by atoms with Gasteiger partial charge in [-0.2, -0.15) is 0 Å². The van der Waals surface area contributed by atoms with Gasteiger partial charge >= 0.3 is 0 Å². The molecular weight excluding hydrogens is 388 g/mol. The molecule has 0 saturated heterocycles. The van der Waals surface area contributed by atoms with E-state index in [2.05, 4.69) is 5.32 Å². The van der Waals surface area contributed by atoms with Crippen LogP contribution >= 0.6 is 0 Å². The van der Waals surface area contributed by atoms with Gasteiger partial charge in [-0.3, -0.25) is 9.59 Å². The highest BCUT2D eigenvalue weighted by atomic mass is 32.2. The average Bonchev–Trinajstić information content (AvgIpc) is 3.21. The Bertz CT molecular complexity index is 1010. The molecule has 1 N–H and O–H groups in total. The molecular formula is C22H24N2O4S. The van der Waals surface area contributed by atoms with Gasteiger partial charge < -0.3 is 10.2 Å². The van der Waals surface area contributed by atoms with Crippen molar-refractivity contribution in [2.24, 2.45) is 0 Å². The quantitative estimate of drug-likeness (QED) is 0.837. The van der Waals surface area contributed by atoms with Gasteiger partial charge in [0.1, 0.15) is 6.54 Å². The molecule has 6 nitrogen and oxygen atoms in total. The minimum Gasteiger partial charge on any atom is -0.352 e. The zero-order valence-electron chi connectivity index (χ0n) is 16.1. The first-order chi connectivity index (χ1) is 14.0. The minimum absolute atomic E-state index is 0.0911. The van der Waals surface area contributed by atoms with Crippen LogP contribution in [0.3, 0.4) is 0 Å². The Morgan fingerprint density at radius 2 is 1.66 bits per heavy atom. The Balaban J connectivity index is 1.69. The van der Waals surface area contributed by atoms with Gasteiger partial charge in [-0.15, -0.1) is 0 Å². The van der Waals surface area contributed by atoms with Crippen LogP contribution in [-0.2, 0) is 19.4 Å². The highest BCUT2D eigenvalue weighted by molar-refractivity contribution is 7.92. The third kappa shape index (κ3) is 3.92. The van der Waals surface area contributed by atoms with Crippen molar-refractivity contribution in [3.8, 4) is 0 Å². The Hall–Kier alpha value is -2.67. The lowest BCUT2D eigenvalue weighted by atomic mass is 10.1. The highest BCUT2D eigenvalue weighted by Crippen LogP contribution is 2.40. The summed E-state index contributed by atoms with van der Waals surface area (Å²) in [6.45, 7) is -0.177. The molecule has 1 atom stereocenters. The van der Waals surface area contributed by atoms with Gasteiger partial charge in [-0.05, 0) is 30.5 Å². The average molecular weight is 413 g/mol. The van der Waals surface area contributed by atoms with Crippen LogP contribution in [0.2, 0.25) is 0 Å². The second-order valence-corrected chi connectivity index (χ2v) is 9.74. The molecule has 7 heteroatoms. The van der Waals surface area contributed by atoms with Crippen LogP contribution in [-0.4, -0.2) is 32.8 Å². The lowest BCUT2D eigenvalue weighted by Gasteiger charge is -2.23. The maximum atomic E-state index is 13.4. The Morgan fingerprint density at radius 1 is 1.00 bits per heavy atom. The van der Waals surface area contributed by atoms with Crippen LogP contribution in [0.15, 0.2) is 59.5 Å². The Labute approximate surface area is 170 Å². The fraction of sp³-hybridized carbons (Fsp3) is 0.364. The van der Waals surface area contributed by atoms with Gasteiger partial charge in [-0.25, -0.2) is 8.42 Å². The molecule has 1 heterocycles. The summed E-state index contributed by atoms with van der Waals surface area (Å²) in [6.07, 6.45) is 3.88. The number of sulfone groups is 1. The standard InChI is InChI=1S/C22H24N2O4S/c25-21(23-17-10-4-5-11-17)15-24-18-12-6-7-13-19(18)29(27,28)20(14-22(24)26)16-8-2-1-3-9-16/h1-3,6-9,12-13,17,20H,4-5,10-11,14-15H2,(H,23,25)/t20-/m1/s1. The van der Waals surface area contributed by atoms with Gasteiger partial charge in [0, 0.05) is 12.5 Å². The molecule has 2 amide bonds. The molecule has 2 aromatic rings. The van der Waals surface area contributed by atoms with Gasteiger partial charge in [-0.1, -0.05) is 55.3 Å². The second kappa shape index (κ2) is 7.99. The van der Waals surface area contributed by atoms with Gasteiger partial charge in [0.15, 0.2) is 9.84 Å². The van der Waals surface area contributed by atoms with E-state index in [-0.39, 0.29) is 41.4 Å². The lowest BCUT2D eigenvalue weighted by molar-refractivity contribution is -0.124. The molecule has 152 valence electrons. The van der Waals surface area contributed by atoms with E-state index >= 15 is 0 Å². The van der Waals surface area contributed by atoms with Crippen molar-refractivity contribution >= 4 is 27.3 Å². The molecule has 0 aromatic heterocycles. The van der Waals surface area contributed by atoms with Gasteiger partial charge in [0.25, 0.3) is 0 Å². The summed E-state index contributed by atoms with van der Waals surface area (Å²) in [7, 11) is -3.79. The number of hydrogen-bond donors (Lipinski definition) is 1. The third-order valence-electron chi connectivity index (χ3n) is 5.69. The summed E-state index contributed by atoms with van der Waals surface area (Å²) in [4.78, 5) is 27.1. The van der Waals surface area contributed by atoms with E-state index < -0.39 is 15.1 Å². The lowest BCUT2D eigenvalue weighted by Crippen LogP contribution is -2.43. The number of nitrogens with one attached hydrogen (secondary N) is 1. The smallest absolute Gasteiger partial charge is 0.240 e. The molecule has 0 spiro atoms. The van der Waals surface area contributed by atoms with Crippen LogP contribution < -0.4 is 10.2 Å². The molecule has 0 radical (unpaired) electrons. The van der Waals surface area contributed by atoms with Crippen molar-refractivity contribution in [1.82, 2.24) is 5.32 Å². The summed E-state index contributed by atoms with van der Waals surface area (Å²) in [5.41, 5.74) is 0.852. The maximum Gasteiger partial charge on any atom is 0.240 e. The zero-order valence-corrected chi connectivity index (χ0v) is 16.9. The van der Waals surface area contributed by atoms with Crippen LogP contribution in [0.5, 0.6) is 0 Å². The number of fused-ring (bicyclic) bond motifs is 1. The topological polar surface area (TPSA) is 83.6 Å². The number of para-hydroxylation sites is 1. The largest absolute Gasteiger partial charge is 0.352 e. The van der Waals surface area contributed by atoms with Crippen molar-refractivity contribution in [2.45, 2.75) is 48.3 Å². The number of carbonyl (C=O) groups excluding carboxylic acids is 2. The van der Waals surface area contributed by atoms with Crippen LogP contribution in [0, 0.1) is 0 Å². The molecule has 1 fully saturated rings. The zero-order chi connectivity index (χ0) is 20.4. The van der Waals surface area contributed by atoms with Crippen molar-refractivity contribution in [2.75, 3.05) is 11.4 Å². The molecule has 29 heavy (non-hydrogen) atoms. The molecule has 1 saturated carbocycles. The molecule has 0 unspecified atom stereocenters. The Kier molecular flexibility index (Phi) is 5.41. The van der Waals surface area contributed by atoms with Gasteiger partial charge in [0.2, 0.25) is 11.8 Å². The first-order valence-electron chi connectivity index (χ1n) is 9.94. The second-order valence-electron chi connectivity index (χ2n) is 7.64. The number of benzene rings is 2. The van der Waals surface area contributed by atoms with Crippen molar-refractivity contribution in [3.05, 3.63) is 60.2 Å². The predicted molar refractivity (Wildman–Crippen MR) is 110 cm³/mol. The first-order valence-corrected chi connectivity index (χ1v) is 11.5. The number of amides is 2. The number of anilines is 1. The fourth-order valence-corrected chi connectivity index (χ4v) is 6.13. The number of carbonyl (C=O) groups is 2. The van der Waals surface area contributed by atoms with E-state index in [4.69, 9.17) is 0 Å². The number of rotatable bonds is 4. The molecule has 1 aliphatic carbocycles. The minimum atomic E-state index is -3.79. The third-order valence-corrected chi connectivity index (χ3v) is 7.84. The van der Waals surface area contributed by atoms with E-state index in [9.17, 15) is 18.0 Å². The van der Waals surface area contributed by atoms with Crippen molar-refractivity contribution in [1.29, 1.82) is 0 Å². The normalized spacial score (nSPS) is 21.4. The van der Waals surface area contributed by atoms with E-state index in [1.165, 1.54) is 11.0 Å². The van der Waals surface area contributed by atoms with E-state index in [1.54, 1.807) is 42.5 Å². The SMILES string of the molecule is O=C(CN1C(=O)C[C@H](c2ccccc2)S(=O)(=O)c2ccccc21)NC1CCCC1. The molecule has 4 rings (SSSR count). The molecule has 0 bridgehead atoms. The van der Waals surface area contributed by atoms with Crippen molar-refractivity contribution < 1.29 is 18.0 Å².